The molecule has 0 spiro atoms. The van der Waals surface area contributed by atoms with Crippen LogP contribution in [-0.4, -0.2) is 47.8 Å². The number of amides is 1. The average Bonchev–Trinajstić information content (AvgIpc) is 2.44. The second-order valence-corrected chi connectivity index (χ2v) is 7.56. The summed E-state index contributed by atoms with van der Waals surface area (Å²) in [5.41, 5.74) is 0. The fraction of sp³-hybridized carbons (Fsp3) is 0.944. The Morgan fingerprint density at radius 3 is 2.41 bits per heavy atom. The molecule has 1 saturated heterocycles. The molecule has 4 nitrogen and oxygen atoms in total. The van der Waals surface area contributed by atoms with Crippen LogP contribution in [0.25, 0.3) is 0 Å². The van der Waals surface area contributed by atoms with Crippen LogP contribution in [0.3, 0.4) is 0 Å². The van der Waals surface area contributed by atoms with E-state index in [0.717, 1.165) is 25.8 Å². The minimum Gasteiger partial charge on any atom is -0.389 e. The maximum Gasteiger partial charge on any atom is 0.222 e. The van der Waals surface area contributed by atoms with Crippen LogP contribution < -0.4 is 0 Å². The molecule has 22 heavy (non-hydrogen) atoms. The number of nitrogens with zero attached hydrogens (tertiary/aromatic N) is 1. The van der Waals surface area contributed by atoms with E-state index in [1.807, 2.05) is 0 Å². The van der Waals surface area contributed by atoms with Gasteiger partial charge >= 0.3 is 0 Å². The van der Waals surface area contributed by atoms with E-state index >= 15 is 0 Å². The lowest BCUT2D eigenvalue weighted by molar-refractivity contribution is -0.136. The Balaban J connectivity index is 2.43. The van der Waals surface area contributed by atoms with E-state index in [2.05, 4.69) is 34.6 Å². The molecule has 1 heterocycles. The summed E-state index contributed by atoms with van der Waals surface area (Å²) in [6.07, 6.45) is 3.23. The van der Waals surface area contributed by atoms with E-state index in [9.17, 15) is 9.90 Å². The second-order valence-electron chi connectivity index (χ2n) is 7.56. The number of hydrogen-bond donors (Lipinski definition) is 1. The molecule has 0 aromatic heterocycles. The first-order valence-electron chi connectivity index (χ1n) is 8.88. The minimum absolute atomic E-state index is 0.166. The third-order valence-corrected chi connectivity index (χ3v) is 4.70. The number of rotatable bonds is 9. The van der Waals surface area contributed by atoms with Crippen molar-refractivity contribution in [2.24, 2.45) is 17.8 Å². The van der Waals surface area contributed by atoms with Gasteiger partial charge in [0.25, 0.3) is 0 Å². The smallest absolute Gasteiger partial charge is 0.222 e. The van der Waals surface area contributed by atoms with Crippen molar-refractivity contribution < 1.29 is 14.6 Å². The molecule has 1 fully saturated rings. The van der Waals surface area contributed by atoms with E-state index in [1.165, 1.54) is 0 Å². The number of aliphatic hydroxyl groups excluding tert-OH is 1. The standard InChI is InChI=1S/C18H35NO3/c1-13(2)10-17(15(5)14(3)4)22-12-16(20)11-19-9-7-6-8-18(19)21/h13-17,20H,6-12H2,1-5H3. The molecule has 1 aliphatic heterocycles. The topological polar surface area (TPSA) is 49.8 Å². The van der Waals surface area contributed by atoms with Crippen LogP contribution in [0.15, 0.2) is 0 Å². The molecule has 1 aliphatic rings. The fourth-order valence-electron chi connectivity index (χ4n) is 2.92. The highest BCUT2D eigenvalue weighted by Gasteiger charge is 2.25. The third-order valence-electron chi connectivity index (χ3n) is 4.70. The van der Waals surface area contributed by atoms with Crippen LogP contribution in [0.4, 0.5) is 0 Å². The molecule has 0 saturated carbocycles. The number of hydrogen-bond acceptors (Lipinski definition) is 3. The molecule has 1 amide bonds. The molecule has 1 rings (SSSR count). The molecular weight excluding hydrogens is 278 g/mol. The van der Waals surface area contributed by atoms with Crippen LogP contribution in [0.5, 0.6) is 0 Å². The first-order chi connectivity index (χ1) is 10.3. The average molecular weight is 313 g/mol. The van der Waals surface area contributed by atoms with Gasteiger partial charge in [-0.15, -0.1) is 0 Å². The highest BCUT2D eigenvalue weighted by Crippen LogP contribution is 2.23. The molecule has 0 aliphatic carbocycles. The summed E-state index contributed by atoms with van der Waals surface area (Å²) in [6.45, 7) is 12.5. The van der Waals surface area contributed by atoms with Crippen LogP contribution in [0, 0.1) is 17.8 Å². The molecule has 0 radical (unpaired) electrons. The first-order valence-corrected chi connectivity index (χ1v) is 8.88. The van der Waals surface area contributed by atoms with Gasteiger partial charge < -0.3 is 14.7 Å². The van der Waals surface area contributed by atoms with Gasteiger partial charge in [0.15, 0.2) is 0 Å². The molecule has 0 aromatic carbocycles. The second kappa shape index (κ2) is 9.51. The van der Waals surface area contributed by atoms with Crippen LogP contribution >= 0.6 is 0 Å². The van der Waals surface area contributed by atoms with E-state index in [4.69, 9.17) is 4.74 Å². The Morgan fingerprint density at radius 1 is 1.18 bits per heavy atom. The van der Waals surface area contributed by atoms with E-state index in [0.29, 0.717) is 37.3 Å². The van der Waals surface area contributed by atoms with Gasteiger partial charge in [-0.05, 0) is 37.0 Å². The number of piperidine rings is 1. The molecule has 130 valence electrons. The predicted octanol–water partition coefficient (Wildman–Crippen LogP) is 3.08. The van der Waals surface area contributed by atoms with E-state index in [-0.39, 0.29) is 12.0 Å². The molecule has 0 aromatic rings. The van der Waals surface area contributed by atoms with Crippen molar-refractivity contribution in [3.05, 3.63) is 0 Å². The summed E-state index contributed by atoms with van der Waals surface area (Å²) in [7, 11) is 0. The van der Waals surface area contributed by atoms with Crippen LogP contribution in [0.1, 0.15) is 60.3 Å². The van der Waals surface area contributed by atoms with Gasteiger partial charge in [0, 0.05) is 19.5 Å². The van der Waals surface area contributed by atoms with Crippen molar-refractivity contribution in [3.8, 4) is 0 Å². The number of ether oxygens (including phenoxy) is 1. The van der Waals surface area contributed by atoms with Gasteiger partial charge in [-0.1, -0.05) is 34.6 Å². The van der Waals surface area contributed by atoms with Gasteiger partial charge in [-0.2, -0.15) is 0 Å². The Bertz CT molecular complexity index is 330. The lowest BCUT2D eigenvalue weighted by atomic mass is 9.87. The summed E-state index contributed by atoms with van der Waals surface area (Å²) in [4.78, 5) is 13.6. The Labute approximate surface area is 136 Å². The normalized spacial score (nSPS) is 20.5. The van der Waals surface area contributed by atoms with Gasteiger partial charge in [-0.3, -0.25) is 4.79 Å². The summed E-state index contributed by atoms with van der Waals surface area (Å²) >= 11 is 0. The lowest BCUT2D eigenvalue weighted by Gasteiger charge is -2.31. The van der Waals surface area contributed by atoms with Gasteiger partial charge in [0.05, 0.1) is 18.8 Å². The summed E-state index contributed by atoms with van der Waals surface area (Å²) in [5.74, 6) is 1.77. The number of carbonyl (C=O) groups excluding carboxylic acids is 1. The molecule has 3 atom stereocenters. The van der Waals surface area contributed by atoms with Crippen molar-refractivity contribution in [1.82, 2.24) is 4.90 Å². The highest BCUT2D eigenvalue weighted by atomic mass is 16.5. The Kier molecular flexibility index (Phi) is 8.40. The van der Waals surface area contributed by atoms with Crippen molar-refractivity contribution in [2.45, 2.75) is 72.5 Å². The molecule has 1 N–H and O–H groups in total. The zero-order valence-corrected chi connectivity index (χ0v) is 15.0. The van der Waals surface area contributed by atoms with Gasteiger partial charge in [-0.25, -0.2) is 0 Å². The zero-order valence-electron chi connectivity index (χ0n) is 15.0. The summed E-state index contributed by atoms with van der Waals surface area (Å²) < 4.78 is 6.03. The number of β-amino-alcohol motifs (C(OH)–C–C–N with tert-alkyl or cyclic N) is 1. The minimum atomic E-state index is -0.587. The molecule has 0 bridgehead atoms. The first kappa shape index (κ1) is 19.4. The Hall–Kier alpha value is -0.610. The number of likely N-dealkylation sites (tertiary alicyclic amines) is 1. The van der Waals surface area contributed by atoms with E-state index < -0.39 is 6.10 Å². The predicted molar refractivity (Wildman–Crippen MR) is 89.6 cm³/mol. The maximum absolute atomic E-state index is 11.8. The SMILES string of the molecule is CC(C)CC(OCC(O)CN1CCCCC1=O)C(C)C(C)C. The van der Waals surface area contributed by atoms with Crippen molar-refractivity contribution in [1.29, 1.82) is 0 Å². The van der Waals surface area contributed by atoms with Gasteiger partial charge in [0.1, 0.15) is 0 Å². The van der Waals surface area contributed by atoms with Crippen molar-refractivity contribution in [2.75, 3.05) is 19.7 Å². The van der Waals surface area contributed by atoms with Crippen LogP contribution in [0.2, 0.25) is 0 Å². The van der Waals surface area contributed by atoms with Crippen molar-refractivity contribution in [3.63, 3.8) is 0 Å². The highest BCUT2D eigenvalue weighted by molar-refractivity contribution is 5.76. The summed E-state index contributed by atoms with van der Waals surface area (Å²) in [6, 6.07) is 0. The maximum atomic E-state index is 11.8. The van der Waals surface area contributed by atoms with E-state index in [1.54, 1.807) is 4.90 Å². The largest absolute Gasteiger partial charge is 0.389 e. The Morgan fingerprint density at radius 2 is 1.86 bits per heavy atom. The molecular formula is C18H35NO3. The summed E-state index contributed by atoms with van der Waals surface area (Å²) in [5, 5.41) is 10.2. The third kappa shape index (κ3) is 6.66. The number of carbonyl (C=O) groups is 1. The lowest BCUT2D eigenvalue weighted by Crippen LogP contribution is -2.42. The molecule has 3 unspecified atom stereocenters. The van der Waals surface area contributed by atoms with Crippen molar-refractivity contribution >= 4 is 5.91 Å². The number of aliphatic hydroxyl groups is 1. The van der Waals surface area contributed by atoms with Gasteiger partial charge in [0.2, 0.25) is 5.91 Å². The fourth-order valence-corrected chi connectivity index (χ4v) is 2.92. The zero-order chi connectivity index (χ0) is 16.7. The quantitative estimate of drug-likeness (QED) is 0.711. The molecule has 4 heteroatoms. The van der Waals surface area contributed by atoms with Crippen LogP contribution in [-0.2, 0) is 9.53 Å². The monoisotopic (exact) mass is 313 g/mol.